The van der Waals surface area contributed by atoms with E-state index in [4.69, 9.17) is 16.7 Å². The number of aliphatic carboxylic acids is 1. The predicted octanol–water partition coefficient (Wildman–Crippen LogP) is 3.28. The molecule has 1 unspecified atom stereocenters. The Kier molecular flexibility index (Phi) is 7.83. The second kappa shape index (κ2) is 9.40. The lowest BCUT2D eigenvalue weighted by molar-refractivity contribution is -0.137. The van der Waals surface area contributed by atoms with Gasteiger partial charge in [0.15, 0.2) is 0 Å². The highest BCUT2D eigenvalue weighted by molar-refractivity contribution is 6.30. The van der Waals surface area contributed by atoms with Crippen LogP contribution in [0.25, 0.3) is 0 Å². The summed E-state index contributed by atoms with van der Waals surface area (Å²) >= 11 is 5.87. The zero-order valence-electron chi connectivity index (χ0n) is 12.3. The number of rotatable bonds is 9. The van der Waals surface area contributed by atoms with E-state index in [1.807, 2.05) is 19.1 Å². The van der Waals surface area contributed by atoms with Crippen molar-refractivity contribution in [2.24, 2.45) is 5.92 Å². The van der Waals surface area contributed by atoms with Crippen LogP contribution in [-0.4, -0.2) is 23.5 Å². The van der Waals surface area contributed by atoms with Crippen molar-refractivity contribution >= 4 is 23.5 Å². The Morgan fingerprint density at radius 3 is 2.71 bits per heavy atom. The van der Waals surface area contributed by atoms with Gasteiger partial charge < -0.3 is 10.4 Å². The molecule has 5 heteroatoms. The number of carbonyl (C=O) groups is 2. The highest BCUT2D eigenvalue weighted by Gasteiger charge is 2.10. The first-order valence-corrected chi connectivity index (χ1v) is 7.62. The lowest BCUT2D eigenvalue weighted by Gasteiger charge is -2.14. The minimum atomic E-state index is -0.765. The van der Waals surface area contributed by atoms with Crippen molar-refractivity contribution in [3.05, 3.63) is 34.9 Å². The van der Waals surface area contributed by atoms with Crippen LogP contribution in [-0.2, 0) is 16.0 Å². The summed E-state index contributed by atoms with van der Waals surface area (Å²) in [5.41, 5.74) is 0.887. The van der Waals surface area contributed by atoms with Crippen LogP contribution in [0.1, 0.15) is 38.2 Å². The Morgan fingerprint density at radius 1 is 1.33 bits per heavy atom. The Balaban J connectivity index is 2.27. The molecule has 1 rings (SSSR count). The lowest BCUT2D eigenvalue weighted by Crippen LogP contribution is -2.27. The van der Waals surface area contributed by atoms with Crippen molar-refractivity contribution < 1.29 is 14.7 Å². The fourth-order valence-electron chi connectivity index (χ4n) is 2.19. The van der Waals surface area contributed by atoms with Gasteiger partial charge in [0.05, 0.1) is 6.42 Å². The molecule has 21 heavy (non-hydrogen) atoms. The fraction of sp³-hybridized carbons (Fsp3) is 0.500. The summed E-state index contributed by atoms with van der Waals surface area (Å²) in [6, 6.07) is 7.25. The monoisotopic (exact) mass is 311 g/mol. The average Bonchev–Trinajstić information content (AvgIpc) is 2.42. The van der Waals surface area contributed by atoms with E-state index in [0.29, 0.717) is 30.3 Å². The van der Waals surface area contributed by atoms with Crippen molar-refractivity contribution in [1.82, 2.24) is 5.32 Å². The van der Waals surface area contributed by atoms with Crippen molar-refractivity contribution in [2.45, 2.75) is 39.0 Å². The Bertz CT molecular complexity index is 476. The molecule has 0 spiro atoms. The van der Waals surface area contributed by atoms with Gasteiger partial charge in [-0.1, -0.05) is 37.1 Å². The summed E-state index contributed by atoms with van der Waals surface area (Å²) in [5.74, 6) is -0.462. The Morgan fingerprint density at radius 2 is 2.10 bits per heavy atom. The largest absolute Gasteiger partial charge is 0.481 e. The molecule has 0 aliphatic carbocycles. The summed E-state index contributed by atoms with van der Waals surface area (Å²) in [6.07, 6.45) is 2.90. The molecular weight excluding hydrogens is 290 g/mol. The van der Waals surface area contributed by atoms with Crippen LogP contribution in [0.3, 0.4) is 0 Å². The highest BCUT2D eigenvalue weighted by Crippen LogP contribution is 2.15. The van der Waals surface area contributed by atoms with E-state index in [9.17, 15) is 9.59 Å². The van der Waals surface area contributed by atoms with Gasteiger partial charge in [0.25, 0.3) is 0 Å². The first kappa shape index (κ1) is 17.5. The van der Waals surface area contributed by atoms with Crippen LogP contribution >= 0.6 is 11.6 Å². The van der Waals surface area contributed by atoms with E-state index in [1.165, 1.54) is 0 Å². The van der Waals surface area contributed by atoms with Crippen LogP contribution < -0.4 is 5.32 Å². The number of hydrogen-bond acceptors (Lipinski definition) is 2. The van der Waals surface area contributed by atoms with Crippen molar-refractivity contribution in [3.8, 4) is 0 Å². The minimum absolute atomic E-state index is 0.0367. The predicted molar refractivity (Wildman–Crippen MR) is 83.4 cm³/mol. The molecule has 1 atom stereocenters. The quantitative estimate of drug-likeness (QED) is 0.735. The molecule has 0 aliphatic heterocycles. The van der Waals surface area contributed by atoms with Crippen LogP contribution in [0, 0.1) is 5.92 Å². The fourth-order valence-corrected chi connectivity index (χ4v) is 2.40. The van der Waals surface area contributed by atoms with Crippen molar-refractivity contribution in [1.29, 1.82) is 0 Å². The number of hydrogen-bond donors (Lipinski definition) is 2. The van der Waals surface area contributed by atoms with E-state index >= 15 is 0 Å². The molecule has 0 saturated carbocycles. The van der Waals surface area contributed by atoms with Crippen LogP contribution in [0.4, 0.5) is 0 Å². The number of amides is 1. The summed E-state index contributed by atoms with van der Waals surface area (Å²) < 4.78 is 0. The molecule has 0 bridgehead atoms. The highest BCUT2D eigenvalue weighted by atomic mass is 35.5. The van der Waals surface area contributed by atoms with E-state index in [0.717, 1.165) is 18.4 Å². The number of carboxylic acid groups (broad SMARTS) is 1. The maximum Gasteiger partial charge on any atom is 0.303 e. The molecule has 0 saturated heterocycles. The average molecular weight is 312 g/mol. The SMILES string of the molecule is CCC(CCNC(=O)Cc1cccc(Cl)c1)CCC(=O)O. The van der Waals surface area contributed by atoms with Crippen molar-refractivity contribution in [2.75, 3.05) is 6.54 Å². The number of benzene rings is 1. The molecule has 1 aromatic rings. The maximum atomic E-state index is 11.8. The molecule has 0 radical (unpaired) electrons. The molecule has 0 fully saturated rings. The van der Waals surface area contributed by atoms with Gasteiger partial charge in [0, 0.05) is 18.0 Å². The van der Waals surface area contributed by atoms with E-state index < -0.39 is 5.97 Å². The van der Waals surface area contributed by atoms with Gasteiger partial charge in [-0.2, -0.15) is 0 Å². The summed E-state index contributed by atoms with van der Waals surface area (Å²) in [7, 11) is 0. The van der Waals surface area contributed by atoms with Gasteiger partial charge >= 0.3 is 5.97 Å². The molecule has 0 aromatic heterocycles. The molecule has 1 aromatic carbocycles. The zero-order valence-corrected chi connectivity index (χ0v) is 13.0. The third kappa shape index (κ3) is 7.71. The van der Waals surface area contributed by atoms with Gasteiger partial charge in [0.1, 0.15) is 0 Å². The zero-order chi connectivity index (χ0) is 15.7. The van der Waals surface area contributed by atoms with Crippen molar-refractivity contribution in [3.63, 3.8) is 0 Å². The third-order valence-electron chi connectivity index (χ3n) is 3.47. The molecule has 116 valence electrons. The molecule has 0 aliphatic rings. The molecule has 0 heterocycles. The smallest absolute Gasteiger partial charge is 0.303 e. The van der Waals surface area contributed by atoms with Gasteiger partial charge in [-0.3, -0.25) is 9.59 Å². The van der Waals surface area contributed by atoms with Crippen LogP contribution in [0.2, 0.25) is 5.02 Å². The van der Waals surface area contributed by atoms with Crippen LogP contribution in [0.15, 0.2) is 24.3 Å². The second-order valence-electron chi connectivity index (χ2n) is 5.15. The van der Waals surface area contributed by atoms with Gasteiger partial charge in [-0.15, -0.1) is 0 Å². The van der Waals surface area contributed by atoms with Gasteiger partial charge in [-0.05, 0) is 36.5 Å². The first-order valence-electron chi connectivity index (χ1n) is 7.24. The van der Waals surface area contributed by atoms with E-state index in [-0.39, 0.29) is 12.3 Å². The normalized spacial score (nSPS) is 11.9. The van der Waals surface area contributed by atoms with E-state index in [1.54, 1.807) is 12.1 Å². The number of carbonyl (C=O) groups excluding carboxylic acids is 1. The summed E-state index contributed by atoms with van der Waals surface area (Å²) in [4.78, 5) is 22.4. The third-order valence-corrected chi connectivity index (χ3v) is 3.71. The topological polar surface area (TPSA) is 66.4 Å². The molecule has 4 nitrogen and oxygen atoms in total. The standard InChI is InChI=1S/C16H22ClNO3/c1-2-12(6-7-16(20)21)8-9-18-15(19)11-13-4-3-5-14(17)10-13/h3-5,10,12H,2,6-9,11H2,1H3,(H,18,19)(H,20,21). The number of nitrogens with one attached hydrogen (secondary N) is 1. The van der Waals surface area contributed by atoms with Gasteiger partial charge in [-0.25, -0.2) is 0 Å². The Hall–Kier alpha value is -1.55. The first-order chi connectivity index (χ1) is 10.0. The Labute approximate surface area is 130 Å². The number of halogens is 1. The number of carboxylic acids is 1. The maximum absolute atomic E-state index is 11.8. The van der Waals surface area contributed by atoms with Gasteiger partial charge in [0.2, 0.25) is 5.91 Å². The lowest BCUT2D eigenvalue weighted by atomic mass is 9.96. The minimum Gasteiger partial charge on any atom is -0.481 e. The van der Waals surface area contributed by atoms with Crippen LogP contribution in [0.5, 0.6) is 0 Å². The summed E-state index contributed by atoms with van der Waals surface area (Å²) in [6.45, 7) is 2.62. The molecule has 2 N–H and O–H groups in total. The summed E-state index contributed by atoms with van der Waals surface area (Å²) in [5, 5.41) is 12.2. The molecular formula is C16H22ClNO3. The second-order valence-corrected chi connectivity index (χ2v) is 5.59. The molecule has 1 amide bonds. The van der Waals surface area contributed by atoms with E-state index in [2.05, 4.69) is 5.32 Å².